The van der Waals surface area contributed by atoms with Crippen molar-refractivity contribution in [3.05, 3.63) is 57.5 Å². The minimum absolute atomic E-state index is 0.133. The highest BCUT2D eigenvalue weighted by atomic mass is 35.5. The molecule has 0 bridgehead atoms. The number of benzene rings is 1. The number of aromatic amines is 1. The maximum atomic E-state index is 11.5. The summed E-state index contributed by atoms with van der Waals surface area (Å²) in [5.41, 5.74) is 1.37. The SMILES string of the molecule is O=c1[nH]ncc(NCC(c2ccccc2)N2CCOCC2)c1Cl. The molecule has 0 saturated carbocycles. The van der Waals surface area contributed by atoms with Crippen LogP contribution in [0.5, 0.6) is 0 Å². The quantitative estimate of drug-likeness (QED) is 0.874. The van der Waals surface area contributed by atoms with Gasteiger partial charge in [0.25, 0.3) is 5.56 Å². The van der Waals surface area contributed by atoms with Crippen molar-refractivity contribution < 1.29 is 4.74 Å². The van der Waals surface area contributed by atoms with Crippen LogP contribution in [0.4, 0.5) is 5.69 Å². The number of ether oxygens (including phenoxy) is 1. The van der Waals surface area contributed by atoms with E-state index in [0.717, 1.165) is 26.3 Å². The molecule has 1 aliphatic rings. The van der Waals surface area contributed by atoms with Crippen LogP contribution in [0.3, 0.4) is 0 Å². The van der Waals surface area contributed by atoms with E-state index in [9.17, 15) is 4.79 Å². The van der Waals surface area contributed by atoms with Crippen LogP contribution in [0, 0.1) is 0 Å². The van der Waals surface area contributed by atoms with E-state index in [0.29, 0.717) is 12.2 Å². The molecule has 1 unspecified atom stereocenters. The monoisotopic (exact) mass is 334 g/mol. The molecular formula is C16H19ClN4O2. The van der Waals surface area contributed by atoms with E-state index in [1.165, 1.54) is 11.8 Å². The number of halogens is 1. The van der Waals surface area contributed by atoms with Gasteiger partial charge in [0, 0.05) is 19.6 Å². The predicted octanol–water partition coefficient (Wildman–Crippen LogP) is 1.91. The minimum Gasteiger partial charge on any atom is -0.380 e. The zero-order valence-corrected chi connectivity index (χ0v) is 13.4. The van der Waals surface area contributed by atoms with E-state index in [1.54, 1.807) is 0 Å². The Hall–Kier alpha value is -1.89. The molecule has 1 atom stereocenters. The van der Waals surface area contributed by atoms with Crippen molar-refractivity contribution >= 4 is 17.3 Å². The fourth-order valence-electron chi connectivity index (χ4n) is 2.74. The molecule has 0 aliphatic carbocycles. The number of H-pyrrole nitrogens is 1. The van der Waals surface area contributed by atoms with Crippen LogP contribution in [0.2, 0.25) is 5.02 Å². The van der Waals surface area contributed by atoms with E-state index >= 15 is 0 Å². The van der Waals surface area contributed by atoms with Gasteiger partial charge in [-0.2, -0.15) is 5.10 Å². The molecule has 6 nitrogen and oxygen atoms in total. The number of nitrogens with zero attached hydrogens (tertiary/aromatic N) is 2. The van der Waals surface area contributed by atoms with Crippen molar-refractivity contribution in [2.75, 3.05) is 38.2 Å². The second kappa shape index (κ2) is 7.59. The van der Waals surface area contributed by atoms with Crippen LogP contribution in [-0.2, 0) is 4.74 Å². The lowest BCUT2D eigenvalue weighted by atomic mass is 10.0. The first kappa shape index (κ1) is 16.0. The van der Waals surface area contributed by atoms with Crippen LogP contribution in [0.15, 0.2) is 41.3 Å². The third kappa shape index (κ3) is 3.90. The number of anilines is 1. The molecular weight excluding hydrogens is 316 g/mol. The van der Waals surface area contributed by atoms with Crippen LogP contribution in [0.25, 0.3) is 0 Å². The molecule has 0 radical (unpaired) electrons. The Kier molecular flexibility index (Phi) is 5.27. The summed E-state index contributed by atoms with van der Waals surface area (Å²) >= 11 is 6.03. The molecule has 3 rings (SSSR count). The third-order valence-electron chi connectivity index (χ3n) is 3.95. The molecule has 1 saturated heterocycles. The Bertz CT molecular complexity index is 686. The van der Waals surface area contributed by atoms with Gasteiger partial charge in [-0.25, -0.2) is 5.10 Å². The van der Waals surface area contributed by atoms with Gasteiger partial charge in [-0.15, -0.1) is 0 Å². The Labute approximate surface area is 139 Å². The molecule has 1 aromatic carbocycles. The predicted molar refractivity (Wildman–Crippen MR) is 89.9 cm³/mol. The van der Waals surface area contributed by atoms with Crippen LogP contribution < -0.4 is 10.9 Å². The first-order chi connectivity index (χ1) is 11.3. The number of aromatic nitrogens is 2. The summed E-state index contributed by atoms with van der Waals surface area (Å²) in [6.07, 6.45) is 1.53. The lowest BCUT2D eigenvalue weighted by molar-refractivity contribution is 0.0187. The molecule has 1 aromatic heterocycles. The van der Waals surface area contributed by atoms with Gasteiger partial charge >= 0.3 is 0 Å². The van der Waals surface area contributed by atoms with Gasteiger partial charge in [0.05, 0.1) is 31.1 Å². The Morgan fingerprint density at radius 3 is 2.78 bits per heavy atom. The van der Waals surface area contributed by atoms with Crippen molar-refractivity contribution in [1.29, 1.82) is 0 Å². The second-order valence-corrected chi connectivity index (χ2v) is 5.76. The zero-order chi connectivity index (χ0) is 16.1. The number of nitrogens with one attached hydrogen (secondary N) is 2. The topological polar surface area (TPSA) is 70.2 Å². The Morgan fingerprint density at radius 2 is 2.04 bits per heavy atom. The fourth-order valence-corrected chi connectivity index (χ4v) is 2.89. The summed E-state index contributed by atoms with van der Waals surface area (Å²) in [7, 11) is 0. The molecule has 7 heteroatoms. The van der Waals surface area contributed by atoms with Crippen molar-refractivity contribution in [3.8, 4) is 0 Å². The molecule has 0 amide bonds. The molecule has 122 valence electrons. The Morgan fingerprint density at radius 1 is 1.30 bits per heavy atom. The average molecular weight is 335 g/mol. The van der Waals surface area contributed by atoms with E-state index < -0.39 is 0 Å². The Balaban J connectivity index is 1.78. The highest BCUT2D eigenvalue weighted by Gasteiger charge is 2.22. The summed E-state index contributed by atoms with van der Waals surface area (Å²) < 4.78 is 5.44. The van der Waals surface area contributed by atoms with Crippen LogP contribution >= 0.6 is 11.6 Å². The van der Waals surface area contributed by atoms with E-state index in [-0.39, 0.29) is 16.6 Å². The second-order valence-electron chi connectivity index (χ2n) is 5.38. The third-order valence-corrected chi connectivity index (χ3v) is 4.33. The lowest BCUT2D eigenvalue weighted by Gasteiger charge is -2.35. The first-order valence-corrected chi connectivity index (χ1v) is 7.97. The molecule has 2 N–H and O–H groups in total. The number of morpholine rings is 1. The van der Waals surface area contributed by atoms with Crippen molar-refractivity contribution in [2.24, 2.45) is 0 Å². The smallest absolute Gasteiger partial charge is 0.285 e. The van der Waals surface area contributed by atoms with Gasteiger partial charge in [-0.05, 0) is 5.56 Å². The summed E-state index contributed by atoms with van der Waals surface area (Å²) in [6, 6.07) is 10.5. The maximum Gasteiger partial charge on any atom is 0.285 e. The number of rotatable bonds is 5. The summed E-state index contributed by atoms with van der Waals surface area (Å²) in [4.78, 5) is 13.9. The fraction of sp³-hybridized carbons (Fsp3) is 0.375. The molecule has 23 heavy (non-hydrogen) atoms. The van der Waals surface area contributed by atoms with E-state index in [1.807, 2.05) is 18.2 Å². The first-order valence-electron chi connectivity index (χ1n) is 7.59. The van der Waals surface area contributed by atoms with E-state index in [4.69, 9.17) is 16.3 Å². The standard InChI is InChI=1S/C16H19ClN4O2/c17-15-13(10-19-20-16(15)22)18-11-14(12-4-2-1-3-5-12)21-6-8-23-9-7-21/h1-5,10,14H,6-9,11H2,(H2,18,20,22). The molecule has 2 aromatic rings. The van der Waals surface area contributed by atoms with Gasteiger partial charge < -0.3 is 10.1 Å². The van der Waals surface area contributed by atoms with Crippen molar-refractivity contribution in [3.63, 3.8) is 0 Å². The van der Waals surface area contributed by atoms with Gasteiger partial charge in [0.15, 0.2) is 0 Å². The molecule has 1 fully saturated rings. The summed E-state index contributed by atoms with van der Waals surface area (Å²) in [6.45, 7) is 3.85. The van der Waals surface area contributed by atoms with Gasteiger partial charge in [0.1, 0.15) is 5.02 Å². The average Bonchev–Trinajstić information content (AvgIpc) is 2.60. The van der Waals surface area contributed by atoms with Crippen LogP contribution in [0.1, 0.15) is 11.6 Å². The lowest BCUT2D eigenvalue weighted by Crippen LogP contribution is -2.41. The number of hydrogen-bond acceptors (Lipinski definition) is 5. The number of hydrogen-bond donors (Lipinski definition) is 2. The normalized spacial score (nSPS) is 16.9. The van der Waals surface area contributed by atoms with Crippen molar-refractivity contribution in [1.82, 2.24) is 15.1 Å². The zero-order valence-electron chi connectivity index (χ0n) is 12.7. The largest absolute Gasteiger partial charge is 0.380 e. The highest BCUT2D eigenvalue weighted by molar-refractivity contribution is 6.32. The maximum absolute atomic E-state index is 11.5. The van der Waals surface area contributed by atoms with E-state index in [2.05, 4.69) is 32.5 Å². The summed E-state index contributed by atoms with van der Waals surface area (Å²) in [5, 5.41) is 9.49. The van der Waals surface area contributed by atoms with Crippen LogP contribution in [-0.4, -0.2) is 47.9 Å². The van der Waals surface area contributed by atoms with Gasteiger partial charge in [0.2, 0.25) is 0 Å². The highest BCUT2D eigenvalue weighted by Crippen LogP contribution is 2.23. The summed E-state index contributed by atoms with van der Waals surface area (Å²) in [5.74, 6) is 0. The minimum atomic E-state index is -0.390. The molecule has 1 aliphatic heterocycles. The van der Waals surface area contributed by atoms with Crippen molar-refractivity contribution in [2.45, 2.75) is 6.04 Å². The molecule has 0 spiro atoms. The molecule has 2 heterocycles. The van der Waals surface area contributed by atoms with Gasteiger partial charge in [-0.1, -0.05) is 41.9 Å². The van der Waals surface area contributed by atoms with Gasteiger partial charge in [-0.3, -0.25) is 9.69 Å².